The standard InChI is InChI=1S/C19H23ClN4O/c1-14-21-18(15-5-10-25-13-15)12-19(22-14)24-8-6-23(7-9-24)17-4-2-3-16(20)11-17/h2-4,11-12,15H,5-10,13H2,1H3. The van der Waals surface area contributed by atoms with E-state index >= 15 is 0 Å². The number of piperazine rings is 1. The van der Waals surface area contributed by atoms with Gasteiger partial charge < -0.3 is 14.5 Å². The smallest absolute Gasteiger partial charge is 0.132 e. The number of aryl methyl sites for hydroxylation is 1. The summed E-state index contributed by atoms with van der Waals surface area (Å²) in [7, 11) is 0. The minimum Gasteiger partial charge on any atom is -0.381 e. The molecule has 1 aromatic carbocycles. The molecular weight excluding hydrogens is 336 g/mol. The number of anilines is 2. The van der Waals surface area contributed by atoms with Gasteiger partial charge in [-0.25, -0.2) is 9.97 Å². The lowest BCUT2D eigenvalue weighted by molar-refractivity contribution is 0.193. The quantitative estimate of drug-likeness (QED) is 0.842. The molecule has 0 spiro atoms. The SMILES string of the molecule is Cc1nc(C2CCOC2)cc(N2CCN(c3cccc(Cl)c3)CC2)n1. The Balaban J connectivity index is 1.47. The average Bonchev–Trinajstić information content (AvgIpc) is 3.16. The van der Waals surface area contributed by atoms with E-state index in [1.165, 1.54) is 5.69 Å². The van der Waals surface area contributed by atoms with Crippen molar-refractivity contribution < 1.29 is 4.74 Å². The lowest BCUT2D eigenvalue weighted by Crippen LogP contribution is -2.47. The highest BCUT2D eigenvalue weighted by Crippen LogP contribution is 2.27. The van der Waals surface area contributed by atoms with Gasteiger partial charge in [0.05, 0.1) is 12.3 Å². The normalized spacial score (nSPS) is 21.0. The number of halogens is 1. The number of aromatic nitrogens is 2. The molecular formula is C19H23ClN4O. The number of rotatable bonds is 3. The van der Waals surface area contributed by atoms with Crippen LogP contribution in [0.3, 0.4) is 0 Å². The van der Waals surface area contributed by atoms with Crippen LogP contribution in [-0.4, -0.2) is 49.4 Å². The van der Waals surface area contributed by atoms with Crippen molar-refractivity contribution in [1.29, 1.82) is 0 Å². The summed E-state index contributed by atoms with van der Waals surface area (Å²) in [5, 5.41) is 0.787. The maximum atomic E-state index is 6.12. The van der Waals surface area contributed by atoms with Crippen molar-refractivity contribution in [2.24, 2.45) is 0 Å². The van der Waals surface area contributed by atoms with Crippen molar-refractivity contribution in [2.75, 3.05) is 49.2 Å². The molecule has 0 amide bonds. The summed E-state index contributed by atoms with van der Waals surface area (Å²) in [6.07, 6.45) is 1.05. The largest absolute Gasteiger partial charge is 0.381 e. The van der Waals surface area contributed by atoms with Crippen molar-refractivity contribution in [3.8, 4) is 0 Å². The van der Waals surface area contributed by atoms with Crippen LogP contribution in [0, 0.1) is 6.92 Å². The maximum absolute atomic E-state index is 6.12. The van der Waals surface area contributed by atoms with Gasteiger partial charge >= 0.3 is 0 Å². The summed E-state index contributed by atoms with van der Waals surface area (Å²) in [5.41, 5.74) is 2.31. The zero-order valence-corrected chi connectivity index (χ0v) is 15.2. The van der Waals surface area contributed by atoms with Crippen molar-refractivity contribution >= 4 is 23.1 Å². The first-order valence-corrected chi connectivity index (χ1v) is 9.25. The summed E-state index contributed by atoms with van der Waals surface area (Å²) in [4.78, 5) is 14.0. The molecule has 25 heavy (non-hydrogen) atoms. The second-order valence-corrected chi connectivity index (χ2v) is 7.15. The number of nitrogens with zero attached hydrogens (tertiary/aromatic N) is 4. The molecule has 0 saturated carbocycles. The third kappa shape index (κ3) is 3.72. The zero-order chi connectivity index (χ0) is 17.2. The highest BCUT2D eigenvalue weighted by atomic mass is 35.5. The van der Waals surface area contributed by atoms with Gasteiger partial charge in [-0.05, 0) is 31.5 Å². The lowest BCUT2D eigenvalue weighted by Gasteiger charge is -2.37. The average molecular weight is 359 g/mol. The van der Waals surface area contributed by atoms with Gasteiger partial charge in [-0.15, -0.1) is 0 Å². The molecule has 0 radical (unpaired) electrons. The molecule has 1 atom stereocenters. The van der Waals surface area contributed by atoms with E-state index in [4.69, 9.17) is 16.3 Å². The van der Waals surface area contributed by atoms with E-state index in [1.54, 1.807) is 0 Å². The monoisotopic (exact) mass is 358 g/mol. The third-order valence-corrected chi connectivity index (χ3v) is 5.20. The molecule has 0 N–H and O–H groups in total. The fraction of sp³-hybridized carbons (Fsp3) is 0.474. The van der Waals surface area contributed by atoms with Gasteiger partial charge in [-0.1, -0.05) is 17.7 Å². The Labute approximate surface area is 153 Å². The van der Waals surface area contributed by atoms with E-state index in [1.807, 2.05) is 25.1 Å². The van der Waals surface area contributed by atoms with Crippen LogP contribution >= 0.6 is 11.6 Å². The molecule has 2 fully saturated rings. The topological polar surface area (TPSA) is 41.5 Å². The van der Waals surface area contributed by atoms with Gasteiger partial charge in [0.1, 0.15) is 11.6 Å². The van der Waals surface area contributed by atoms with Gasteiger partial charge in [0.25, 0.3) is 0 Å². The minimum atomic E-state index is 0.410. The van der Waals surface area contributed by atoms with Crippen LogP contribution in [0.2, 0.25) is 5.02 Å². The summed E-state index contributed by atoms with van der Waals surface area (Å²) < 4.78 is 5.52. The number of ether oxygens (including phenoxy) is 1. The van der Waals surface area contributed by atoms with E-state index in [0.717, 1.165) is 68.2 Å². The van der Waals surface area contributed by atoms with Crippen LogP contribution in [0.1, 0.15) is 23.9 Å². The Bertz CT molecular complexity index is 740. The summed E-state index contributed by atoms with van der Waals surface area (Å²) in [6, 6.07) is 10.2. The molecule has 1 aromatic heterocycles. The highest BCUT2D eigenvalue weighted by molar-refractivity contribution is 6.30. The van der Waals surface area contributed by atoms with E-state index in [9.17, 15) is 0 Å². The van der Waals surface area contributed by atoms with Crippen molar-refractivity contribution in [3.05, 3.63) is 46.9 Å². The lowest BCUT2D eigenvalue weighted by atomic mass is 10.0. The third-order valence-electron chi connectivity index (χ3n) is 4.97. The van der Waals surface area contributed by atoms with Gasteiger partial charge in [-0.2, -0.15) is 0 Å². The van der Waals surface area contributed by atoms with Gasteiger partial charge in [-0.3, -0.25) is 0 Å². The van der Waals surface area contributed by atoms with Crippen LogP contribution in [0.25, 0.3) is 0 Å². The molecule has 2 saturated heterocycles. The Kier molecular flexibility index (Phi) is 4.77. The number of hydrogen-bond acceptors (Lipinski definition) is 5. The van der Waals surface area contributed by atoms with Gasteiger partial charge in [0.15, 0.2) is 0 Å². The Hall–Kier alpha value is -1.85. The van der Waals surface area contributed by atoms with Crippen molar-refractivity contribution in [3.63, 3.8) is 0 Å². The molecule has 4 rings (SSSR count). The minimum absolute atomic E-state index is 0.410. The molecule has 6 heteroatoms. The van der Waals surface area contributed by atoms with Gasteiger partial charge in [0.2, 0.25) is 0 Å². The predicted molar refractivity (Wildman–Crippen MR) is 101 cm³/mol. The summed E-state index contributed by atoms with van der Waals surface area (Å²) in [5.74, 6) is 2.30. The van der Waals surface area contributed by atoms with E-state index in [0.29, 0.717) is 5.92 Å². The first-order valence-electron chi connectivity index (χ1n) is 8.88. The molecule has 132 valence electrons. The number of benzene rings is 1. The Morgan fingerprint density at radius 2 is 1.88 bits per heavy atom. The first-order chi connectivity index (χ1) is 12.2. The molecule has 2 aliphatic heterocycles. The molecule has 5 nitrogen and oxygen atoms in total. The first kappa shape index (κ1) is 16.6. The molecule has 2 aromatic rings. The van der Waals surface area contributed by atoms with E-state index in [-0.39, 0.29) is 0 Å². The molecule has 0 aliphatic carbocycles. The molecule has 0 bridgehead atoms. The predicted octanol–water partition coefficient (Wildman–Crippen LogP) is 3.27. The van der Waals surface area contributed by atoms with Crippen LogP contribution in [0.15, 0.2) is 30.3 Å². The van der Waals surface area contributed by atoms with Crippen LogP contribution in [0.4, 0.5) is 11.5 Å². The highest BCUT2D eigenvalue weighted by Gasteiger charge is 2.23. The Morgan fingerprint density at radius 3 is 2.60 bits per heavy atom. The second-order valence-electron chi connectivity index (χ2n) is 6.71. The zero-order valence-electron chi connectivity index (χ0n) is 14.5. The maximum Gasteiger partial charge on any atom is 0.132 e. The summed E-state index contributed by atoms with van der Waals surface area (Å²) >= 11 is 6.12. The van der Waals surface area contributed by atoms with Gasteiger partial charge in [0, 0.05) is 55.5 Å². The van der Waals surface area contributed by atoms with E-state index in [2.05, 4.69) is 31.9 Å². The fourth-order valence-electron chi connectivity index (χ4n) is 3.58. The van der Waals surface area contributed by atoms with Crippen LogP contribution < -0.4 is 9.80 Å². The molecule has 3 heterocycles. The second kappa shape index (κ2) is 7.18. The summed E-state index contributed by atoms with van der Waals surface area (Å²) in [6.45, 7) is 7.41. The van der Waals surface area contributed by atoms with Crippen LogP contribution in [-0.2, 0) is 4.74 Å². The molecule has 1 unspecified atom stereocenters. The van der Waals surface area contributed by atoms with E-state index < -0.39 is 0 Å². The number of hydrogen-bond donors (Lipinski definition) is 0. The Morgan fingerprint density at radius 1 is 1.08 bits per heavy atom. The fourth-order valence-corrected chi connectivity index (χ4v) is 3.76. The van der Waals surface area contributed by atoms with Crippen LogP contribution in [0.5, 0.6) is 0 Å². The van der Waals surface area contributed by atoms with Crippen molar-refractivity contribution in [1.82, 2.24) is 9.97 Å². The van der Waals surface area contributed by atoms with Crippen molar-refractivity contribution in [2.45, 2.75) is 19.3 Å². The molecule has 2 aliphatic rings.